The SMILES string of the molecule is COCCOCCOCCn1cccc1C=O. The normalized spacial score (nSPS) is 10.6. The van der Waals surface area contributed by atoms with E-state index in [-0.39, 0.29) is 0 Å². The maximum Gasteiger partial charge on any atom is 0.166 e. The average molecular weight is 241 g/mol. The van der Waals surface area contributed by atoms with E-state index in [0.717, 1.165) is 6.29 Å². The summed E-state index contributed by atoms with van der Waals surface area (Å²) in [4.78, 5) is 10.6. The summed E-state index contributed by atoms with van der Waals surface area (Å²) in [5.74, 6) is 0. The second-order valence-electron chi connectivity index (χ2n) is 3.46. The Hall–Kier alpha value is -1.17. The minimum absolute atomic E-state index is 0.557. The van der Waals surface area contributed by atoms with Gasteiger partial charge in [-0.15, -0.1) is 0 Å². The van der Waals surface area contributed by atoms with Crippen LogP contribution in [0.25, 0.3) is 0 Å². The molecule has 0 fully saturated rings. The minimum Gasteiger partial charge on any atom is -0.382 e. The lowest BCUT2D eigenvalue weighted by Gasteiger charge is -2.07. The lowest BCUT2D eigenvalue weighted by Crippen LogP contribution is -2.12. The van der Waals surface area contributed by atoms with Gasteiger partial charge in [-0.05, 0) is 12.1 Å². The van der Waals surface area contributed by atoms with E-state index in [9.17, 15) is 4.79 Å². The van der Waals surface area contributed by atoms with Crippen molar-refractivity contribution in [3.63, 3.8) is 0 Å². The summed E-state index contributed by atoms with van der Waals surface area (Å²) >= 11 is 0. The first-order valence-corrected chi connectivity index (χ1v) is 5.63. The van der Waals surface area contributed by atoms with E-state index in [1.807, 2.05) is 16.8 Å². The maximum atomic E-state index is 10.6. The summed E-state index contributed by atoms with van der Waals surface area (Å²) in [5, 5.41) is 0. The van der Waals surface area contributed by atoms with Gasteiger partial charge in [0.25, 0.3) is 0 Å². The van der Waals surface area contributed by atoms with Crippen LogP contribution in [0.1, 0.15) is 10.5 Å². The highest BCUT2D eigenvalue weighted by Gasteiger charge is 1.98. The number of hydrogen-bond acceptors (Lipinski definition) is 4. The van der Waals surface area contributed by atoms with Crippen molar-refractivity contribution in [1.29, 1.82) is 0 Å². The van der Waals surface area contributed by atoms with Crippen LogP contribution in [0, 0.1) is 0 Å². The molecule has 0 bridgehead atoms. The van der Waals surface area contributed by atoms with Crippen molar-refractivity contribution in [2.45, 2.75) is 6.54 Å². The standard InChI is InChI=1S/C12H19NO4/c1-15-7-8-17-10-9-16-6-5-13-4-2-3-12(13)11-14/h2-4,11H,5-10H2,1H3. The van der Waals surface area contributed by atoms with Crippen LogP contribution < -0.4 is 0 Å². The van der Waals surface area contributed by atoms with Crippen LogP contribution in [0.4, 0.5) is 0 Å². The zero-order valence-corrected chi connectivity index (χ0v) is 10.1. The molecule has 96 valence electrons. The zero-order valence-electron chi connectivity index (χ0n) is 10.1. The molecule has 0 spiro atoms. The summed E-state index contributed by atoms with van der Waals surface area (Å²) in [6, 6.07) is 3.62. The Morgan fingerprint density at radius 3 is 2.59 bits per heavy atom. The third-order valence-electron chi connectivity index (χ3n) is 2.27. The fraction of sp³-hybridized carbons (Fsp3) is 0.583. The average Bonchev–Trinajstić information content (AvgIpc) is 2.80. The quantitative estimate of drug-likeness (QED) is 0.452. The van der Waals surface area contributed by atoms with E-state index in [1.165, 1.54) is 0 Å². The molecular formula is C12H19NO4. The molecule has 17 heavy (non-hydrogen) atoms. The Labute approximate surface area is 101 Å². The van der Waals surface area contributed by atoms with Crippen LogP contribution in [0.5, 0.6) is 0 Å². The molecule has 0 radical (unpaired) electrons. The molecule has 0 aliphatic rings. The number of rotatable bonds is 10. The number of carbonyl (C=O) groups is 1. The fourth-order valence-corrected chi connectivity index (χ4v) is 1.37. The third-order valence-corrected chi connectivity index (χ3v) is 2.27. The predicted molar refractivity (Wildman–Crippen MR) is 63.3 cm³/mol. The molecule has 1 heterocycles. The van der Waals surface area contributed by atoms with E-state index in [1.54, 1.807) is 13.2 Å². The molecule has 0 aliphatic heterocycles. The monoisotopic (exact) mass is 241 g/mol. The summed E-state index contributed by atoms with van der Waals surface area (Å²) < 4.78 is 17.3. The van der Waals surface area contributed by atoms with E-state index >= 15 is 0 Å². The Kier molecular flexibility index (Phi) is 7.29. The van der Waals surface area contributed by atoms with Crippen LogP contribution in [0.3, 0.4) is 0 Å². The van der Waals surface area contributed by atoms with Crippen molar-refractivity contribution in [3.8, 4) is 0 Å². The molecule has 0 amide bonds. The Balaban J connectivity index is 1.99. The second-order valence-corrected chi connectivity index (χ2v) is 3.46. The Morgan fingerprint density at radius 1 is 1.18 bits per heavy atom. The third kappa shape index (κ3) is 5.63. The van der Waals surface area contributed by atoms with Crippen LogP contribution in [-0.4, -0.2) is 51.0 Å². The number of carbonyl (C=O) groups excluding carboxylic acids is 1. The second kappa shape index (κ2) is 8.92. The van der Waals surface area contributed by atoms with Gasteiger partial charge < -0.3 is 18.8 Å². The van der Waals surface area contributed by atoms with E-state index in [2.05, 4.69) is 0 Å². The number of methoxy groups -OCH3 is 1. The van der Waals surface area contributed by atoms with Crippen LogP contribution in [-0.2, 0) is 20.8 Å². The van der Waals surface area contributed by atoms with Gasteiger partial charge in [-0.2, -0.15) is 0 Å². The van der Waals surface area contributed by atoms with Gasteiger partial charge in [0.1, 0.15) is 0 Å². The number of aromatic nitrogens is 1. The van der Waals surface area contributed by atoms with Gasteiger partial charge in [0, 0.05) is 19.9 Å². The molecule has 0 aliphatic carbocycles. The molecule has 1 rings (SSSR count). The van der Waals surface area contributed by atoms with E-state index in [0.29, 0.717) is 45.3 Å². The Bertz CT molecular complexity index is 311. The van der Waals surface area contributed by atoms with E-state index in [4.69, 9.17) is 14.2 Å². The summed E-state index contributed by atoms with van der Waals surface area (Å²) in [6.45, 7) is 3.57. The van der Waals surface area contributed by atoms with Gasteiger partial charge in [0.2, 0.25) is 0 Å². The lowest BCUT2D eigenvalue weighted by atomic mass is 10.5. The molecule has 1 aromatic rings. The molecule has 0 atom stereocenters. The maximum absolute atomic E-state index is 10.6. The molecule has 0 saturated heterocycles. The highest BCUT2D eigenvalue weighted by Crippen LogP contribution is 1.98. The topological polar surface area (TPSA) is 49.7 Å². The molecule has 0 N–H and O–H groups in total. The largest absolute Gasteiger partial charge is 0.382 e. The van der Waals surface area contributed by atoms with Crippen LogP contribution in [0.15, 0.2) is 18.3 Å². The number of hydrogen-bond donors (Lipinski definition) is 0. The van der Waals surface area contributed by atoms with Gasteiger partial charge in [-0.1, -0.05) is 0 Å². The predicted octanol–water partition coefficient (Wildman–Crippen LogP) is 0.980. The first kappa shape index (κ1) is 13.9. The molecular weight excluding hydrogens is 222 g/mol. The number of aldehydes is 1. The molecule has 5 nitrogen and oxygen atoms in total. The fourth-order valence-electron chi connectivity index (χ4n) is 1.37. The van der Waals surface area contributed by atoms with Crippen LogP contribution >= 0.6 is 0 Å². The van der Waals surface area contributed by atoms with Crippen molar-refractivity contribution >= 4 is 6.29 Å². The van der Waals surface area contributed by atoms with Gasteiger partial charge in [0.15, 0.2) is 6.29 Å². The highest BCUT2D eigenvalue weighted by atomic mass is 16.5. The molecule has 5 heteroatoms. The number of ether oxygens (including phenoxy) is 3. The molecule has 1 aromatic heterocycles. The minimum atomic E-state index is 0.557. The summed E-state index contributed by atoms with van der Waals surface area (Å²) in [6.07, 6.45) is 2.70. The molecule has 0 saturated carbocycles. The van der Waals surface area contributed by atoms with E-state index < -0.39 is 0 Å². The van der Waals surface area contributed by atoms with Crippen molar-refractivity contribution in [2.24, 2.45) is 0 Å². The van der Waals surface area contributed by atoms with Crippen LogP contribution in [0.2, 0.25) is 0 Å². The van der Waals surface area contributed by atoms with Gasteiger partial charge in [-0.25, -0.2) is 0 Å². The first-order chi connectivity index (χ1) is 8.38. The number of nitrogens with zero attached hydrogens (tertiary/aromatic N) is 1. The zero-order chi connectivity index (χ0) is 12.3. The van der Waals surface area contributed by atoms with Crippen molar-refractivity contribution in [2.75, 3.05) is 40.1 Å². The smallest absolute Gasteiger partial charge is 0.166 e. The summed E-state index contributed by atoms with van der Waals surface area (Å²) in [5.41, 5.74) is 0.671. The van der Waals surface area contributed by atoms with Gasteiger partial charge >= 0.3 is 0 Å². The lowest BCUT2D eigenvalue weighted by molar-refractivity contribution is 0.0230. The highest BCUT2D eigenvalue weighted by molar-refractivity contribution is 5.72. The van der Waals surface area contributed by atoms with Crippen molar-refractivity contribution in [3.05, 3.63) is 24.0 Å². The molecule has 0 unspecified atom stereocenters. The molecule has 0 aromatic carbocycles. The Morgan fingerprint density at radius 2 is 1.88 bits per heavy atom. The van der Waals surface area contributed by atoms with Crippen molar-refractivity contribution < 1.29 is 19.0 Å². The van der Waals surface area contributed by atoms with Gasteiger partial charge in [0.05, 0.1) is 38.7 Å². The summed E-state index contributed by atoms with van der Waals surface area (Å²) in [7, 11) is 1.64. The van der Waals surface area contributed by atoms with Gasteiger partial charge in [-0.3, -0.25) is 4.79 Å². The first-order valence-electron chi connectivity index (χ1n) is 5.63. The van der Waals surface area contributed by atoms with Crippen molar-refractivity contribution in [1.82, 2.24) is 4.57 Å².